The second kappa shape index (κ2) is 5.22. The van der Waals surface area contributed by atoms with Crippen molar-refractivity contribution in [2.45, 2.75) is 6.92 Å². The lowest BCUT2D eigenvalue weighted by molar-refractivity contribution is -0.150. The van der Waals surface area contributed by atoms with Crippen LogP contribution in [-0.4, -0.2) is 34.5 Å². The maximum absolute atomic E-state index is 11.3. The fourth-order valence-corrected chi connectivity index (χ4v) is 2.42. The number of carboxylic acids is 1. The summed E-state index contributed by atoms with van der Waals surface area (Å²) in [6, 6.07) is 0. The van der Waals surface area contributed by atoms with Gasteiger partial charge in [0.25, 0.3) is 5.78 Å². The number of hydrogen-bond acceptors (Lipinski definition) is 6. The molecule has 0 bridgehead atoms. The van der Waals surface area contributed by atoms with Crippen molar-refractivity contribution < 1.29 is 24.2 Å². The molecule has 1 aliphatic heterocycles. The maximum Gasteiger partial charge on any atom is 0.377 e. The lowest BCUT2D eigenvalue weighted by Gasteiger charge is -2.17. The number of ether oxygens (including phenoxy) is 1. The van der Waals surface area contributed by atoms with Gasteiger partial charge in [0.1, 0.15) is 5.57 Å². The Hall–Kier alpha value is -0.950. The summed E-state index contributed by atoms with van der Waals surface area (Å²) in [7, 11) is 0. The Morgan fingerprint density at radius 2 is 2.00 bits per heavy atom. The van der Waals surface area contributed by atoms with Crippen molar-refractivity contribution >= 4 is 41.2 Å². The molecular formula is C8H8O5S2. The largest absolute Gasteiger partial charge is 0.475 e. The zero-order valence-electron chi connectivity index (χ0n) is 7.81. The van der Waals surface area contributed by atoms with Gasteiger partial charge in [0.15, 0.2) is 0 Å². The Balaban J connectivity index is 2.94. The Morgan fingerprint density at radius 1 is 1.40 bits per heavy atom. The molecule has 1 rings (SSSR count). The molecule has 1 fully saturated rings. The standard InChI is InChI=1S/C8H8O5S2/c1-2-13-7(12)4(5(9)6(10)11)8-14-3-15-8/h2-3H2,1H3,(H,10,11). The van der Waals surface area contributed by atoms with Crippen molar-refractivity contribution in [3.63, 3.8) is 0 Å². The van der Waals surface area contributed by atoms with Gasteiger partial charge in [-0.3, -0.25) is 4.79 Å². The summed E-state index contributed by atoms with van der Waals surface area (Å²) in [6.07, 6.45) is 0. The Morgan fingerprint density at radius 3 is 2.33 bits per heavy atom. The molecule has 0 radical (unpaired) electrons. The molecule has 0 aromatic carbocycles. The van der Waals surface area contributed by atoms with E-state index in [9.17, 15) is 14.4 Å². The smallest absolute Gasteiger partial charge is 0.377 e. The molecule has 1 saturated heterocycles. The van der Waals surface area contributed by atoms with Crippen LogP contribution in [-0.2, 0) is 19.1 Å². The molecule has 1 aliphatic rings. The first-order valence-electron chi connectivity index (χ1n) is 4.02. The summed E-state index contributed by atoms with van der Waals surface area (Å²) >= 11 is 2.54. The highest BCUT2D eigenvalue weighted by Gasteiger charge is 2.32. The number of carboxylic acid groups (broad SMARTS) is 1. The average molecular weight is 248 g/mol. The molecule has 7 heteroatoms. The minimum Gasteiger partial charge on any atom is -0.475 e. The summed E-state index contributed by atoms with van der Waals surface area (Å²) in [4.78, 5) is 33.0. The van der Waals surface area contributed by atoms with Crippen LogP contribution < -0.4 is 0 Å². The van der Waals surface area contributed by atoms with Gasteiger partial charge in [-0.25, -0.2) is 9.59 Å². The van der Waals surface area contributed by atoms with Crippen LogP contribution >= 0.6 is 23.5 Å². The minimum atomic E-state index is -1.64. The molecule has 5 nitrogen and oxygen atoms in total. The molecule has 0 unspecified atom stereocenters. The molecule has 1 N–H and O–H groups in total. The van der Waals surface area contributed by atoms with E-state index in [1.54, 1.807) is 6.92 Å². The van der Waals surface area contributed by atoms with E-state index in [0.717, 1.165) is 0 Å². The lowest BCUT2D eigenvalue weighted by Crippen LogP contribution is -2.24. The van der Waals surface area contributed by atoms with E-state index >= 15 is 0 Å². The van der Waals surface area contributed by atoms with Crippen LogP contribution in [0, 0.1) is 0 Å². The fourth-order valence-electron chi connectivity index (χ4n) is 0.841. The van der Waals surface area contributed by atoms with E-state index in [1.165, 1.54) is 23.5 Å². The predicted molar refractivity (Wildman–Crippen MR) is 56.4 cm³/mol. The molecule has 0 spiro atoms. The second-order valence-corrected chi connectivity index (χ2v) is 5.02. The number of aliphatic carboxylic acids is 1. The molecule has 0 aromatic rings. The SMILES string of the molecule is CCOC(=O)C(C(=O)C(=O)O)=C1SCS1. The molecule has 1 heterocycles. The molecule has 82 valence electrons. The first-order valence-corrected chi connectivity index (χ1v) is 5.99. The Kier molecular flexibility index (Phi) is 4.22. The van der Waals surface area contributed by atoms with Gasteiger partial charge >= 0.3 is 11.9 Å². The predicted octanol–water partition coefficient (Wildman–Crippen LogP) is 0.852. The van der Waals surface area contributed by atoms with Gasteiger partial charge in [-0.1, -0.05) is 0 Å². The van der Waals surface area contributed by atoms with E-state index in [-0.39, 0.29) is 12.2 Å². The highest BCUT2D eigenvalue weighted by atomic mass is 32.3. The van der Waals surface area contributed by atoms with Gasteiger partial charge < -0.3 is 9.84 Å². The zero-order valence-corrected chi connectivity index (χ0v) is 9.44. The number of carbonyl (C=O) groups is 3. The van der Waals surface area contributed by atoms with Gasteiger partial charge in [0.05, 0.1) is 10.8 Å². The molecule has 0 amide bonds. The molecule has 0 aromatic heterocycles. The van der Waals surface area contributed by atoms with Gasteiger partial charge in [0, 0.05) is 5.08 Å². The van der Waals surface area contributed by atoms with Crippen molar-refractivity contribution in [1.82, 2.24) is 0 Å². The normalized spacial score (nSPS) is 14.1. The third-order valence-electron chi connectivity index (χ3n) is 1.49. The van der Waals surface area contributed by atoms with Crippen LogP contribution in [0.2, 0.25) is 0 Å². The minimum absolute atomic E-state index is 0.109. The van der Waals surface area contributed by atoms with E-state index in [0.29, 0.717) is 9.32 Å². The van der Waals surface area contributed by atoms with Crippen LogP contribution in [0.25, 0.3) is 0 Å². The molecular weight excluding hydrogens is 240 g/mol. The number of hydrogen-bond donors (Lipinski definition) is 1. The monoisotopic (exact) mass is 248 g/mol. The lowest BCUT2D eigenvalue weighted by atomic mass is 10.2. The number of Topliss-reactive ketones (excluding diaryl/α,β-unsaturated/α-hetero) is 1. The van der Waals surface area contributed by atoms with Crippen LogP contribution in [0.1, 0.15) is 6.92 Å². The maximum atomic E-state index is 11.3. The number of esters is 1. The summed E-state index contributed by atoms with van der Waals surface area (Å²) in [5, 5.41) is 9.24. The summed E-state index contributed by atoms with van der Waals surface area (Å²) in [5.41, 5.74) is -0.356. The van der Waals surface area contributed by atoms with Crippen LogP contribution in [0.4, 0.5) is 0 Å². The Labute approximate surface area is 94.2 Å². The van der Waals surface area contributed by atoms with Gasteiger partial charge in [-0.2, -0.15) is 0 Å². The van der Waals surface area contributed by atoms with E-state index in [2.05, 4.69) is 4.74 Å². The summed E-state index contributed by atoms with van der Waals surface area (Å²) < 4.78 is 5.06. The van der Waals surface area contributed by atoms with Crippen LogP contribution in [0.15, 0.2) is 9.81 Å². The van der Waals surface area contributed by atoms with Gasteiger partial charge in [-0.15, -0.1) is 23.5 Å². The molecule has 0 aliphatic carbocycles. The highest BCUT2D eigenvalue weighted by molar-refractivity contribution is 8.37. The highest BCUT2D eigenvalue weighted by Crippen LogP contribution is 2.45. The average Bonchev–Trinajstić information content (AvgIpc) is 2.09. The molecule has 0 saturated carbocycles. The number of carbonyl (C=O) groups excluding carboxylic acids is 2. The molecule has 15 heavy (non-hydrogen) atoms. The first kappa shape index (κ1) is 12.1. The van der Waals surface area contributed by atoms with Crippen molar-refractivity contribution in [3.05, 3.63) is 9.81 Å². The van der Waals surface area contributed by atoms with Crippen molar-refractivity contribution in [2.75, 3.05) is 11.7 Å². The zero-order chi connectivity index (χ0) is 11.4. The van der Waals surface area contributed by atoms with Gasteiger partial charge in [-0.05, 0) is 6.92 Å². The van der Waals surface area contributed by atoms with Crippen LogP contribution in [0.3, 0.4) is 0 Å². The fraction of sp³-hybridized carbons (Fsp3) is 0.375. The van der Waals surface area contributed by atoms with Crippen molar-refractivity contribution in [2.24, 2.45) is 0 Å². The number of thioether (sulfide) groups is 2. The van der Waals surface area contributed by atoms with Crippen molar-refractivity contribution in [1.29, 1.82) is 0 Å². The molecule has 0 atom stereocenters. The first-order chi connectivity index (χ1) is 7.07. The van der Waals surface area contributed by atoms with Crippen LogP contribution in [0.5, 0.6) is 0 Å². The topological polar surface area (TPSA) is 80.7 Å². The summed E-state index contributed by atoms with van der Waals surface area (Å²) in [6.45, 7) is 1.70. The van der Waals surface area contributed by atoms with E-state index < -0.39 is 17.7 Å². The number of ketones is 1. The van der Waals surface area contributed by atoms with E-state index in [1.807, 2.05) is 0 Å². The third kappa shape index (κ3) is 2.75. The number of rotatable bonds is 4. The van der Waals surface area contributed by atoms with Crippen molar-refractivity contribution in [3.8, 4) is 0 Å². The van der Waals surface area contributed by atoms with E-state index in [4.69, 9.17) is 5.11 Å². The second-order valence-electron chi connectivity index (χ2n) is 2.42. The Bertz CT molecular complexity index is 341. The quantitative estimate of drug-likeness (QED) is 0.260. The summed E-state index contributed by atoms with van der Waals surface area (Å²) in [5.74, 6) is -3.71. The third-order valence-corrected chi connectivity index (χ3v) is 4.07. The van der Waals surface area contributed by atoms with Gasteiger partial charge in [0.2, 0.25) is 0 Å².